The van der Waals surface area contributed by atoms with Crippen LogP contribution < -0.4 is 24.9 Å². The quantitative estimate of drug-likeness (QED) is 0.310. The summed E-state index contributed by atoms with van der Waals surface area (Å²) in [4.78, 5) is 34.0. The van der Waals surface area contributed by atoms with E-state index in [0.29, 0.717) is 0 Å². The van der Waals surface area contributed by atoms with Gasteiger partial charge in [-0.15, -0.1) is 0 Å². The Kier molecular flexibility index (Phi) is 77.8. The molecule has 0 radical (unpaired) electrons. The second kappa shape index (κ2) is 25.1. The number of phosphoric acid groups is 1. The smallest absolute Gasteiger partial charge is 0.822 e. The van der Waals surface area contributed by atoms with Crippen LogP contribution in [0.3, 0.4) is 0 Å². The zero-order chi connectivity index (χ0) is 8.08. The molecule has 0 saturated heterocycles. The van der Waals surface area contributed by atoms with Crippen LogP contribution in [0.15, 0.2) is 0 Å². The maximum atomic E-state index is 8.55. The fraction of sp³-hybridized carbons (Fsp3) is 0. The van der Waals surface area contributed by atoms with Gasteiger partial charge >= 0.3 is 113 Å². The molecule has 0 unspecified atom stereocenters. The summed E-state index contributed by atoms with van der Waals surface area (Å²) in [7, 11) is -5.39. The van der Waals surface area contributed by atoms with Crippen LogP contribution in [0.2, 0.25) is 0 Å². The molecule has 0 aliphatic carbocycles. The van der Waals surface area contributed by atoms with Gasteiger partial charge in [0.25, 0.3) is 0 Å². The fourth-order valence-electron chi connectivity index (χ4n) is 0. The Hall–Kier alpha value is 3.08. The van der Waals surface area contributed by atoms with Crippen molar-refractivity contribution in [3.63, 3.8) is 0 Å². The molecule has 72 valence electrons. The summed E-state index contributed by atoms with van der Waals surface area (Å²) in [5.41, 5.74) is 0. The van der Waals surface area contributed by atoms with Crippen LogP contribution in [0.5, 0.6) is 0 Å². The zero-order valence-corrected chi connectivity index (χ0v) is 14.4. The van der Waals surface area contributed by atoms with E-state index in [1.54, 1.807) is 0 Å². The minimum Gasteiger partial charge on any atom is -0.822 e. The third kappa shape index (κ3) is 315. The minimum absolute atomic E-state index is 0. The first-order chi connectivity index (χ1) is 3.73. The van der Waals surface area contributed by atoms with Gasteiger partial charge in [-0.05, 0) is 6.16 Å². The van der Waals surface area contributed by atoms with E-state index in [4.69, 9.17) is 34.3 Å². The van der Waals surface area contributed by atoms with Crippen molar-refractivity contribution in [2.45, 2.75) is 0 Å². The Morgan fingerprint density at radius 2 is 0.857 bits per heavy atom. The van der Waals surface area contributed by atoms with E-state index in [9.17, 15) is 0 Å². The number of carbonyl (C=O) groups is 1. The van der Waals surface area contributed by atoms with Gasteiger partial charge in [0.1, 0.15) is 0 Å². The van der Waals surface area contributed by atoms with E-state index in [-0.39, 0.29) is 124 Å². The Bertz CT molecular complexity index is 120. The molecule has 0 rings (SSSR count). The van der Waals surface area contributed by atoms with Gasteiger partial charge in [-0.3, -0.25) is 0 Å². The number of hydrogen-bond donors (Lipinski definition) is 0. The van der Waals surface area contributed by atoms with Crippen molar-refractivity contribution < 1.29 is 45.2 Å². The van der Waals surface area contributed by atoms with Crippen molar-refractivity contribution in [3.05, 3.63) is 0 Å². The van der Waals surface area contributed by atoms with E-state index < -0.39 is 14.0 Å². The molecular weight excluding hydrogens is 307 g/mol. The third-order valence-electron chi connectivity index (χ3n) is 0. The van der Waals surface area contributed by atoms with Gasteiger partial charge in [-0.2, -0.15) is 7.82 Å². The summed E-state index contributed by atoms with van der Waals surface area (Å²) in [6.45, 7) is 0. The maximum absolute atomic E-state index is 8.55. The average Bonchev–Trinajstić information content (AvgIpc) is 1.19. The van der Waals surface area contributed by atoms with Crippen molar-refractivity contribution in [2.24, 2.45) is 0 Å². The summed E-state index contributed by atoms with van der Waals surface area (Å²) in [5.74, 6) is 0. The Morgan fingerprint density at radius 3 is 0.857 bits per heavy atom. The molecule has 0 aromatic rings. The monoisotopic (exact) mass is 311 g/mol. The second-order valence-electron chi connectivity index (χ2n) is 0.697. The first-order valence-corrected chi connectivity index (χ1v) is 2.80. The molecule has 0 heterocycles. The molecule has 9 nitrogen and oxygen atoms in total. The van der Waals surface area contributed by atoms with Crippen LogP contribution in [-0.4, -0.2) is 130 Å². The molecule has 0 aliphatic rings. The van der Waals surface area contributed by atoms with E-state index in [0.717, 1.165) is 0 Å². The summed E-state index contributed by atoms with van der Waals surface area (Å²) in [6, 6.07) is 0. The maximum Gasteiger partial charge on any atom is 2.00 e. The molecule has 0 aliphatic heterocycles. The molecule has 0 amide bonds. The number of rotatable bonds is 0. The predicted octanol–water partition coefficient (Wildman–Crippen LogP) is -8.06. The van der Waals surface area contributed by atoms with Crippen LogP contribution in [0, 0.1) is 0 Å². The largest absolute Gasteiger partial charge is 2.00 e. The van der Waals surface area contributed by atoms with Crippen molar-refractivity contribution >= 4 is 127 Å². The zero-order valence-electron chi connectivity index (χ0n) is 6.93. The van der Waals surface area contributed by atoms with Crippen molar-refractivity contribution in [2.75, 3.05) is 0 Å². The molecule has 13 heteroatoms. The van der Waals surface area contributed by atoms with E-state index in [1.165, 1.54) is 0 Å². The van der Waals surface area contributed by atoms with E-state index in [2.05, 4.69) is 0 Å². The topological polar surface area (TPSA) is 212 Å². The van der Waals surface area contributed by atoms with Gasteiger partial charge in [0.15, 0.2) is 0 Å². The molecule has 14 heavy (non-hydrogen) atoms. The fourth-order valence-corrected chi connectivity index (χ4v) is 0. The van der Waals surface area contributed by atoms with Gasteiger partial charge in [0.2, 0.25) is 0 Å². The average molecular weight is 311 g/mol. The van der Waals surface area contributed by atoms with Crippen molar-refractivity contribution in [1.82, 2.24) is 0 Å². The normalized spacial score (nSPS) is 5.93. The van der Waals surface area contributed by atoms with Gasteiger partial charge in [0, 0.05) is 0 Å². The van der Waals surface area contributed by atoms with Crippen molar-refractivity contribution in [1.29, 1.82) is 0 Å². The van der Waals surface area contributed by atoms with Crippen LogP contribution in [0.25, 0.3) is 0 Å². The number of carboxylic acid groups (broad SMARTS) is 2. The number of carbonyl (C=O) groups excluding carboxylic acids is 1. The minimum atomic E-state index is -5.39. The molecule has 0 saturated carbocycles. The molecular formula is CH4Ca3O9P+. The molecule has 0 spiro atoms. The van der Waals surface area contributed by atoms with Crippen molar-refractivity contribution in [3.8, 4) is 0 Å². The Morgan fingerprint density at radius 1 is 0.857 bits per heavy atom. The van der Waals surface area contributed by atoms with Crippen LogP contribution in [-0.2, 0) is 4.57 Å². The number of hydrogen-bond acceptors (Lipinski definition) is 7. The standard InChI is InChI=1S/CH2O3.3Ca.H3O4P.2H2O/c2-1(3)4;;;;1-5(2,3)4;;/h(H2,2,3,4);;;;(H3,1,2,3,4);2*1H2/q;3*+2;;;/p-5. The van der Waals surface area contributed by atoms with Crippen LogP contribution in [0.4, 0.5) is 4.79 Å². The van der Waals surface area contributed by atoms with Gasteiger partial charge < -0.3 is 45.2 Å². The molecule has 0 aromatic heterocycles. The summed E-state index contributed by atoms with van der Waals surface area (Å²) in [5, 5.41) is 16.7. The molecule has 0 aromatic carbocycles. The summed E-state index contributed by atoms with van der Waals surface area (Å²) < 4.78 is 8.55. The van der Waals surface area contributed by atoms with Crippen LogP contribution in [0.1, 0.15) is 0 Å². The summed E-state index contributed by atoms with van der Waals surface area (Å²) >= 11 is 0. The van der Waals surface area contributed by atoms with Gasteiger partial charge in [-0.1, -0.05) is 0 Å². The molecule has 0 bridgehead atoms. The first kappa shape index (κ1) is 43.5. The van der Waals surface area contributed by atoms with Gasteiger partial charge in [-0.25, -0.2) is 0 Å². The SMILES string of the molecule is O.O.O=C([O-])[O-].O=P([O-])([O-])[O-].[Ca+2].[Ca+2].[Ca+2]. The second-order valence-corrected chi connectivity index (χ2v) is 1.59. The molecule has 0 atom stereocenters. The van der Waals surface area contributed by atoms with E-state index >= 15 is 0 Å². The summed E-state index contributed by atoms with van der Waals surface area (Å²) in [6.07, 6.45) is -2.33. The van der Waals surface area contributed by atoms with E-state index in [1.807, 2.05) is 0 Å². The molecule has 0 fully saturated rings. The van der Waals surface area contributed by atoms with Gasteiger partial charge in [0.05, 0.1) is 0 Å². The predicted molar refractivity (Wildman–Crippen MR) is 37.5 cm³/mol. The third-order valence-corrected chi connectivity index (χ3v) is 0. The van der Waals surface area contributed by atoms with Crippen LogP contribution >= 0.6 is 7.82 Å². The Labute approximate surface area is 169 Å². The first-order valence-electron chi connectivity index (χ1n) is 1.34. The Balaban J connectivity index is -0.0000000104. The molecule has 4 N–H and O–H groups in total.